The van der Waals surface area contributed by atoms with Crippen molar-refractivity contribution in [3.05, 3.63) is 33.9 Å². The minimum absolute atomic E-state index is 0.0675. The molecule has 6 heteroatoms. The van der Waals surface area contributed by atoms with Crippen molar-refractivity contribution in [1.29, 1.82) is 0 Å². The van der Waals surface area contributed by atoms with E-state index in [2.05, 4.69) is 0 Å². The van der Waals surface area contributed by atoms with Crippen LogP contribution in [0.5, 0.6) is 5.75 Å². The quantitative estimate of drug-likeness (QED) is 0.355. The van der Waals surface area contributed by atoms with Crippen LogP contribution in [0.25, 0.3) is 0 Å². The number of hydrogen-bond acceptors (Lipinski definition) is 5. The SMILES string of the molecule is C[C@H](O)c1cc([N+](=O)[O-])ccc1OCOCC1CC1. The van der Waals surface area contributed by atoms with Gasteiger partial charge in [-0.15, -0.1) is 0 Å². The fraction of sp³-hybridized carbons (Fsp3) is 0.538. The molecule has 0 heterocycles. The molecule has 1 N–H and O–H groups in total. The molecule has 0 bridgehead atoms. The number of ether oxygens (including phenoxy) is 2. The van der Waals surface area contributed by atoms with Crippen molar-refractivity contribution in [3.63, 3.8) is 0 Å². The molecule has 0 spiro atoms. The Bertz CT molecular complexity index is 456. The summed E-state index contributed by atoms with van der Waals surface area (Å²) in [7, 11) is 0. The maximum atomic E-state index is 10.7. The zero-order valence-electron chi connectivity index (χ0n) is 10.7. The van der Waals surface area contributed by atoms with E-state index in [1.54, 1.807) is 0 Å². The average Bonchev–Trinajstić information content (AvgIpc) is 3.18. The molecule has 2 rings (SSSR count). The van der Waals surface area contributed by atoms with E-state index in [4.69, 9.17) is 9.47 Å². The van der Waals surface area contributed by atoms with E-state index < -0.39 is 11.0 Å². The molecule has 1 fully saturated rings. The van der Waals surface area contributed by atoms with E-state index >= 15 is 0 Å². The topological polar surface area (TPSA) is 81.8 Å². The summed E-state index contributed by atoms with van der Waals surface area (Å²) in [5.74, 6) is 1.06. The summed E-state index contributed by atoms with van der Waals surface area (Å²) in [5, 5.41) is 20.3. The van der Waals surface area contributed by atoms with Gasteiger partial charge in [0.05, 0.1) is 17.6 Å². The molecule has 0 aromatic heterocycles. The molecule has 1 aromatic rings. The Hall–Kier alpha value is -1.66. The monoisotopic (exact) mass is 267 g/mol. The van der Waals surface area contributed by atoms with Gasteiger partial charge in [0, 0.05) is 17.7 Å². The highest BCUT2D eigenvalue weighted by Crippen LogP contribution is 2.30. The molecule has 0 aliphatic heterocycles. The van der Waals surface area contributed by atoms with Crippen molar-refractivity contribution in [2.75, 3.05) is 13.4 Å². The number of aliphatic hydroxyl groups excluding tert-OH is 1. The van der Waals surface area contributed by atoms with Crippen LogP contribution in [0.1, 0.15) is 31.4 Å². The van der Waals surface area contributed by atoms with Crippen LogP contribution in [0.2, 0.25) is 0 Å². The van der Waals surface area contributed by atoms with E-state index in [0.29, 0.717) is 23.8 Å². The van der Waals surface area contributed by atoms with Gasteiger partial charge in [-0.2, -0.15) is 0 Å². The Kier molecular flexibility index (Phi) is 4.34. The van der Waals surface area contributed by atoms with E-state index in [0.717, 1.165) is 0 Å². The fourth-order valence-corrected chi connectivity index (χ4v) is 1.71. The Morgan fingerprint density at radius 1 is 1.53 bits per heavy atom. The lowest BCUT2D eigenvalue weighted by molar-refractivity contribution is -0.385. The van der Waals surface area contributed by atoms with Crippen molar-refractivity contribution in [1.82, 2.24) is 0 Å². The van der Waals surface area contributed by atoms with Gasteiger partial charge in [0.1, 0.15) is 5.75 Å². The van der Waals surface area contributed by atoms with Crippen LogP contribution in [-0.4, -0.2) is 23.4 Å². The molecule has 1 atom stereocenters. The molecule has 1 aromatic carbocycles. The molecule has 0 unspecified atom stereocenters. The highest BCUT2D eigenvalue weighted by molar-refractivity contribution is 5.44. The number of benzene rings is 1. The first-order valence-electron chi connectivity index (χ1n) is 6.25. The van der Waals surface area contributed by atoms with Crippen LogP contribution < -0.4 is 4.74 Å². The second-order valence-electron chi connectivity index (χ2n) is 4.73. The van der Waals surface area contributed by atoms with Crippen LogP contribution in [-0.2, 0) is 4.74 Å². The fourth-order valence-electron chi connectivity index (χ4n) is 1.71. The lowest BCUT2D eigenvalue weighted by Gasteiger charge is -2.13. The summed E-state index contributed by atoms with van der Waals surface area (Å²) in [6.07, 6.45) is 1.57. The number of rotatable bonds is 7. The van der Waals surface area contributed by atoms with Gasteiger partial charge in [0.15, 0.2) is 6.79 Å². The second kappa shape index (κ2) is 5.99. The molecule has 6 nitrogen and oxygen atoms in total. The van der Waals surface area contributed by atoms with E-state index in [1.165, 1.54) is 38.0 Å². The Morgan fingerprint density at radius 2 is 2.26 bits per heavy atom. The zero-order valence-corrected chi connectivity index (χ0v) is 10.7. The van der Waals surface area contributed by atoms with Gasteiger partial charge in [-0.25, -0.2) is 0 Å². The Balaban J connectivity index is 1.98. The first-order chi connectivity index (χ1) is 9.08. The number of nitro benzene ring substituents is 1. The molecule has 1 saturated carbocycles. The van der Waals surface area contributed by atoms with Crippen molar-refractivity contribution in [2.24, 2.45) is 5.92 Å². The molecule has 1 aliphatic rings. The number of nitrogens with zero attached hydrogens (tertiary/aromatic N) is 1. The van der Waals surface area contributed by atoms with Crippen molar-refractivity contribution in [2.45, 2.75) is 25.9 Å². The largest absolute Gasteiger partial charge is 0.467 e. The minimum atomic E-state index is -0.835. The van der Waals surface area contributed by atoms with Crippen LogP contribution in [0.3, 0.4) is 0 Å². The number of non-ortho nitro benzene ring substituents is 1. The first kappa shape index (κ1) is 13.8. The lowest BCUT2D eigenvalue weighted by Crippen LogP contribution is -2.07. The molecule has 0 saturated heterocycles. The maximum Gasteiger partial charge on any atom is 0.270 e. The molecule has 1 aliphatic carbocycles. The van der Waals surface area contributed by atoms with Gasteiger partial charge in [-0.3, -0.25) is 10.1 Å². The molecule has 0 radical (unpaired) electrons. The standard InChI is InChI=1S/C13H17NO5/c1-9(15)12-6-11(14(16)17)4-5-13(12)19-8-18-7-10-2-3-10/h4-6,9-10,15H,2-3,7-8H2,1H3/t9-/m0/s1. The summed E-state index contributed by atoms with van der Waals surface area (Å²) < 4.78 is 10.7. The Labute approximate surface area is 111 Å². The number of hydrogen-bond donors (Lipinski definition) is 1. The van der Waals surface area contributed by atoms with Crippen molar-refractivity contribution < 1.29 is 19.5 Å². The Morgan fingerprint density at radius 3 is 2.84 bits per heavy atom. The average molecular weight is 267 g/mol. The van der Waals surface area contributed by atoms with Crippen LogP contribution in [0, 0.1) is 16.0 Å². The van der Waals surface area contributed by atoms with Crippen LogP contribution >= 0.6 is 0 Å². The number of nitro groups is 1. The summed E-state index contributed by atoms with van der Waals surface area (Å²) in [5.41, 5.74) is 0.325. The molecule has 0 amide bonds. The van der Waals surface area contributed by atoms with E-state index in [1.807, 2.05) is 0 Å². The normalized spacial score (nSPS) is 16.1. The third-order valence-corrected chi connectivity index (χ3v) is 3.00. The van der Waals surface area contributed by atoms with Crippen molar-refractivity contribution >= 4 is 5.69 Å². The minimum Gasteiger partial charge on any atom is -0.467 e. The lowest BCUT2D eigenvalue weighted by atomic mass is 10.1. The van der Waals surface area contributed by atoms with Gasteiger partial charge < -0.3 is 14.6 Å². The van der Waals surface area contributed by atoms with Gasteiger partial charge in [0.2, 0.25) is 0 Å². The highest BCUT2D eigenvalue weighted by Gasteiger charge is 2.21. The highest BCUT2D eigenvalue weighted by atomic mass is 16.7. The summed E-state index contributed by atoms with van der Waals surface area (Å²) in [6, 6.07) is 4.16. The summed E-state index contributed by atoms with van der Waals surface area (Å²) in [6.45, 7) is 2.31. The summed E-state index contributed by atoms with van der Waals surface area (Å²) >= 11 is 0. The van der Waals surface area contributed by atoms with Crippen LogP contribution in [0.4, 0.5) is 5.69 Å². The molecule has 19 heavy (non-hydrogen) atoms. The van der Waals surface area contributed by atoms with Gasteiger partial charge in [0.25, 0.3) is 5.69 Å². The number of aliphatic hydroxyl groups is 1. The molecular weight excluding hydrogens is 250 g/mol. The maximum absolute atomic E-state index is 10.7. The molecule has 104 valence electrons. The van der Waals surface area contributed by atoms with Crippen molar-refractivity contribution in [3.8, 4) is 5.75 Å². The predicted octanol–water partition coefficient (Wildman–Crippen LogP) is 2.41. The first-order valence-corrected chi connectivity index (χ1v) is 6.25. The second-order valence-corrected chi connectivity index (χ2v) is 4.73. The third-order valence-electron chi connectivity index (χ3n) is 3.00. The zero-order chi connectivity index (χ0) is 13.8. The van der Waals surface area contributed by atoms with Gasteiger partial charge >= 0.3 is 0 Å². The third kappa shape index (κ3) is 3.90. The van der Waals surface area contributed by atoms with Gasteiger partial charge in [-0.05, 0) is 31.7 Å². The predicted molar refractivity (Wildman–Crippen MR) is 67.9 cm³/mol. The van der Waals surface area contributed by atoms with E-state index in [9.17, 15) is 15.2 Å². The van der Waals surface area contributed by atoms with E-state index in [-0.39, 0.29) is 12.5 Å². The molecular formula is C13H17NO5. The van der Waals surface area contributed by atoms with Crippen LogP contribution in [0.15, 0.2) is 18.2 Å². The smallest absolute Gasteiger partial charge is 0.270 e. The summed E-state index contributed by atoms with van der Waals surface area (Å²) in [4.78, 5) is 10.2. The van der Waals surface area contributed by atoms with Gasteiger partial charge in [-0.1, -0.05) is 0 Å².